The molecule has 3 nitrogen and oxygen atoms in total. The van der Waals surface area contributed by atoms with E-state index in [0.717, 1.165) is 0 Å². The van der Waals surface area contributed by atoms with Gasteiger partial charge in [-0.05, 0) is 18.4 Å². The molecule has 0 aliphatic rings. The Kier molecular flexibility index (Phi) is 3.71. The number of hydrogen-bond acceptors (Lipinski definition) is 3. The van der Waals surface area contributed by atoms with E-state index >= 15 is 0 Å². The summed E-state index contributed by atoms with van der Waals surface area (Å²) in [6.07, 6.45) is -0.539. The number of halogens is 1. The summed E-state index contributed by atoms with van der Waals surface area (Å²) in [5.74, 6) is -0.235. The minimum Gasteiger partial charge on any atom is -0.392 e. The maximum atomic E-state index is 11.3. The van der Waals surface area contributed by atoms with Crippen LogP contribution in [0.3, 0.4) is 0 Å². The van der Waals surface area contributed by atoms with E-state index in [1.54, 1.807) is 18.4 Å². The number of thiophene rings is 1. The fraction of sp³-hybridized carbons (Fsp3) is 0.375. The third kappa shape index (κ3) is 2.99. The van der Waals surface area contributed by atoms with Gasteiger partial charge >= 0.3 is 0 Å². The Morgan fingerprint density at radius 3 is 3.00 bits per heavy atom. The monoisotopic (exact) mass is 219 g/mol. The van der Waals surface area contributed by atoms with Crippen molar-refractivity contribution in [2.75, 3.05) is 6.54 Å². The first-order chi connectivity index (χ1) is 6.11. The van der Waals surface area contributed by atoms with Crippen molar-refractivity contribution in [1.82, 2.24) is 5.32 Å². The summed E-state index contributed by atoms with van der Waals surface area (Å²) < 4.78 is 0. The first-order valence-electron chi connectivity index (χ1n) is 3.80. The van der Waals surface area contributed by atoms with Gasteiger partial charge in [0, 0.05) is 6.54 Å². The molecule has 0 radical (unpaired) electrons. The second-order valence-electron chi connectivity index (χ2n) is 2.66. The molecule has 0 aromatic carbocycles. The Morgan fingerprint density at radius 1 is 1.85 bits per heavy atom. The molecule has 0 spiro atoms. The average Bonchev–Trinajstić information content (AvgIpc) is 2.47. The molecule has 2 N–H and O–H groups in total. The number of rotatable bonds is 3. The van der Waals surface area contributed by atoms with Gasteiger partial charge in [-0.25, -0.2) is 0 Å². The van der Waals surface area contributed by atoms with Crippen LogP contribution in [-0.2, 0) is 0 Å². The van der Waals surface area contributed by atoms with Gasteiger partial charge in [-0.3, -0.25) is 4.79 Å². The zero-order chi connectivity index (χ0) is 9.84. The molecule has 1 unspecified atom stereocenters. The van der Waals surface area contributed by atoms with Crippen LogP contribution in [0.25, 0.3) is 0 Å². The molecule has 1 atom stereocenters. The van der Waals surface area contributed by atoms with Crippen molar-refractivity contribution in [2.24, 2.45) is 0 Å². The van der Waals surface area contributed by atoms with Gasteiger partial charge < -0.3 is 10.4 Å². The molecule has 1 aromatic rings. The summed E-state index contributed by atoms with van der Waals surface area (Å²) in [4.78, 5) is 11.8. The normalized spacial score (nSPS) is 12.5. The van der Waals surface area contributed by atoms with Crippen molar-refractivity contribution in [3.8, 4) is 0 Å². The van der Waals surface area contributed by atoms with E-state index in [4.69, 9.17) is 16.7 Å². The Labute approximate surface area is 85.3 Å². The lowest BCUT2D eigenvalue weighted by Crippen LogP contribution is -2.30. The topological polar surface area (TPSA) is 49.3 Å². The lowest BCUT2D eigenvalue weighted by molar-refractivity contribution is 0.0928. The van der Waals surface area contributed by atoms with Crippen molar-refractivity contribution < 1.29 is 9.90 Å². The smallest absolute Gasteiger partial charge is 0.262 e. The van der Waals surface area contributed by atoms with Crippen molar-refractivity contribution >= 4 is 28.8 Å². The largest absolute Gasteiger partial charge is 0.392 e. The van der Waals surface area contributed by atoms with Crippen LogP contribution in [0.1, 0.15) is 16.6 Å². The predicted molar refractivity (Wildman–Crippen MR) is 53.3 cm³/mol. The van der Waals surface area contributed by atoms with E-state index in [1.807, 2.05) is 0 Å². The SMILES string of the molecule is CC(O)CNC(=O)c1sccc1Cl. The molecule has 13 heavy (non-hydrogen) atoms. The molecular weight excluding hydrogens is 210 g/mol. The molecule has 1 heterocycles. The van der Waals surface area contributed by atoms with Gasteiger partial charge in [0.05, 0.1) is 11.1 Å². The minimum atomic E-state index is -0.539. The van der Waals surface area contributed by atoms with Crippen molar-refractivity contribution in [3.63, 3.8) is 0 Å². The molecule has 72 valence electrons. The highest BCUT2D eigenvalue weighted by molar-refractivity contribution is 7.12. The lowest BCUT2D eigenvalue weighted by Gasteiger charge is -2.05. The summed E-state index contributed by atoms with van der Waals surface area (Å²) in [6.45, 7) is 1.85. The van der Waals surface area contributed by atoms with E-state index in [1.165, 1.54) is 11.3 Å². The van der Waals surface area contributed by atoms with E-state index in [9.17, 15) is 4.79 Å². The Bertz CT molecular complexity index is 298. The molecule has 0 saturated carbocycles. The van der Waals surface area contributed by atoms with Gasteiger partial charge in [-0.1, -0.05) is 11.6 Å². The van der Waals surface area contributed by atoms with E-state index in [2.05, 4.69) is 5.32 Å². The molecule has 0 aliphatic carbocycles. The van der Waals surface area contributed by atoms with E-state index in [0.29, 0.717) is 9.90 Å². The highest BCUT2D eigenvalue weighted by Gasteiger charge is 2.11. The molecule has 1 rings (SSSR count). The highest BCUT2D eigenvalue weighted by atomic mass is 35.5. The molecule has 5 heteroatoms. The predicted octanol–water partition coefficient (Wildman–Crippen LogP) is 1.51. The van der Waals surface area contributed by atoms with Crippen LogP contribution in [0.2, 0.25) is 5.02 Å². The molecule has 0 bridgehead atoms. The van der Waals surface area contributed by atoms with Crippen LogP contribution in [0, 0.1) is 0 Å². The number of hydrogen-bond donors (Lipinski definition) is 2. The lowest BCUT2D eigenvalue weighted by atomic mass is 10.4. The van der Waals surface area contributed by atoms with Crippen LogP contribution in [0.5, 0.6) is 0 Å². The summed E-state index contributed by atoms with van der Waals surface area (Å²) in [5, 5.41) is 13.7. The van der Waals surface area contributed by atoms with Gasteiger partial charge in [-0.15, -0.1) is 11.3 Å². The van der Waals surface area contributed by atoms with Crippen molar-refractivity contribution in [2.45, 2.75) is 13.0 Å². The van der Waals surface area contributed by atoms with Gasteiger partial charge in [-0.2, -0.15) is 0 Å². The van der Waals surface area contributed by atoms with E-state index < -0.39 is 6.10 Å². The van der Waals surface area contributed by atoms with Crippen molar-refractivity contribution in [1.29, 1.82) is 0 Å². The number of amides is 1. The van der Waals surface area contributed by atoms with Crippen LogP contribution in [-0.4, -0.2) is 23.7 Å². The zero-order valence-electron chi connectivity index (χ0n) is 7.08. The zero-order valence-corrected chi connectivity index (χ0v) is 8.65. The minimum absolute atomic E-state index is 0.235. The second-order valence-corrected chi connectivity index (χ2v) is 3.98. The number of carbonyl (C=O) groups excluding carboxylic acids is 1. The molecule has 0 fully saturated rings. The fourth-order valence-corrected chi connectivity index (χ4v) is 1.83. The molecule has 1 aromatic heterocycles. The second kappa shape index (κ2) is 4.60. The summed E-state index contributed by atoms with van der Waals surface area (Å²) in [5.41, 5.74) is 0. The summed E-state index contributed by atoms with van der Waals surface area (Å²) in [7, 11) is 0. The number of nitrogens with one attached hydrogen (secondary N) is 1. The average molecular weight is 220 g/mol. The Balaban J connectivity index is 2.54. The fourth-order valence-electron chi connectivity index (χ4n) is 0.776. The standard InChI is InChI=1S/C8H10ClNO2S/c1-5(11)4-10-8(12)7-6(9)2-3-13-7/h2-3,5,11H,4H2,1H3,(H,10,12). The Hall–Kier alpha value is -0.580. The van der Waals surface area contributed by atoms with Crippen LogP contribution >= 0.6 is 22.9 Å². The number of aliphatic hydroxyl groups is 1. The van der Waals surface area contributed by atoms with Gasteiger partial charge in [0.25, 0.3) is 5.91 Å². The highest BCUT2D eigenvalue weighted by Crippen LogP contribution is 2.21. The third-order valence-electron chi connectivity index (χ3n) is 1.38. The molecular formula is C8H10ClNO2S. The molecule has 1 amide bonds. The van der Waals surface area contributed by atoms with Gasteiger partial charge in [0.1, 0.15) is 4.88 Å². The first kappa shape index (κ1) is 10.5. The van der Waals surface area contributed by atoms with Crippen molar-refractivity contribution in [3.05, 3.63) is 21.3 Å². The summed E-state index contributed by atoms with van der Waals surface area (Å²) in [6, 6.07) is 1.67. The number of aliphatic hydroxyl groups excluding tert-OH is 1. The molecule has 0 aliphatic heterocycles. The maximum Gasteiger partial charge on any atom is 0.262 e. The Morgan fingerprint density at radius 2 is 2.54 bits per heavy atom. The van der Waals surface area contributed by atoms with E-state index in [-0.39, 0.29) is 12.5 Å². The molecule has 0 saturated heterocycles. The maximum absolute atomic E-state index is 11.3. The van der Waals surface area contributed by atoms with Gasteiger partial charge in [0.2, 0.25) is 0 Å². The summed E-state index contributed by atoms with van der Waals surface area (Å²) >= 11 is 7.02. The van der Waals surface area contributed by atoms with Crippen LogP contribution in [0.4, 0.5) is 0 Å². The third-order valence-corrected chi connectivity index (χ3v) is 2.72. The quantitative estimate of drug-likeness (QED) is 0.810. The number of carbonyl (C=O) groups is 1. The first-order valence-corrected chi connectivity index (χ1v) is 5.06. The van der Waals surface area contributed by atoms with Crippen LogP contribution in [0.15, 0.2) is 11.4 Å². The van der Waals surface area contributed by atoms with Crippen LogP contribution < -0.4 is 5.32 Å². The van der Waals surface area contributed by atoms with Gasteiger partial charge in [0.15, 0.2) is 0 Å².